The second-order valence-electron chi connectivity index (χ2n) is 4.79. The first-order valence-corrected chi connectivity index (χ1v) is 6.24. The first-order chi connectivity index (χ1) is 6.66. The maximum absolute atomic E-state index is 11.3. The molecule has 0 aromatic rings. The van der Waals surface area contributed by atoms with Crippen molar-refractivity contribution in [2.24, 2.45) is 0 Å². The molecule has 0 aliphatic heterocycles. The Morgan fingerprint density at radius 3 is 2.33 bits per heavy atom. The molecule has 0 aliphatic carbocycles. The Balaban J connectivity index is 3.90. The summed E-state index contributed by atoms with van der Waals surface area (Å²) in [6, 6.07) is 0. The predicted octanol–water partition coefficient (Wildman–Crippen LogP) is 1.63. The summed E-state index contributed by atoms with van der Waals surface area (Å²) in [6.45, 7) is 7.27. The van der Waals surface area contributed by atoms with Gasteiger partial charge in [-0.25, -0.2) is 4.79 Å². The highest BCUT2D eigenvalue weighted by Crippen LogP contribution is 2.10. The Kier molecular flexibility index (Phi) is 5.45. The highest BCUT2D eigenvalue weighted by atomic mass is 32.2. The van der Waals surface area contributed by atoms with Crippen molar-refractivity contribution in [3.05, 3.63) is 0 Å². The molecule has 0 rings (SSSR count). The summed E-state index contributed by atoms with van der Waals surface area (Å²) in [4.78, 5) is 11.3. The SMILES string of the molecule is CSCC(C)(O)CNC(=O)OC(C)(C)C. The van der Waals surface area contributed by atoms with Gasteiger partial charge in [-0.2, -0.15) is 11.8 Å². The van der Waals surface area contributed by atoms with Gasteiger partial charge in [0.1, 0.15) is 5.60 Å². The molecule has 5 heteroatoms. The summed E-state index contributed by atoms with van der Waals surface area (Å²) in [5, 5.41) is 12.3. The summed E-state index contributed by atoms with van der Waals surface area (Å²) < 4.78 is 5.04. The zero-order chi connectivity index (χ0) is 12.1. The Hall–Kier alpha value is -0.420. The molecule has 0 aromatic carbocycles. The number of alkyl carbamates (subject to hydrolysis) is 1. The monoisotopic (exact) mass is 235 g/mol. The number of amides is 1. The number of nitrogens with one attached hydrogen (secondary N) is 1. The van der Waals surface area contributed by atoms with E-state index in [4.69, 9.17) is 4.74 Å². The molecule has 0 aliphatic rings. The fourth-order valence-corrected chi connectivity index (χ4v) is 1.66. The predicted molar refractivity (Wildman–Crippen MR) is 63.2 cm³/mol. The standard InChI is InChI=1S/C10H21NO3S/c1-9(2,3)14-8(12)11-6-10(4,13)7-15-5/h13H,6-7H2,1-5H3,(H,11,12). The zero-order valence-electron chi connectivity index (χ0n) is 10.1. The topological polar surface area (TPSA) is 58.6 Å². The molecule has 1 unspecified atom stereocenters. The number of ether oxygens (including phenoxy) is 1. The first kappa shape index (κ1) is 14.6. The fourth-order valence-electron chi connectivity index (χ4n) is 0.939. The van der Waals surface area contributed by atoms with Crippen molar-refractivity contribution in [1.29, 1.82) is 0 Å². The Bertz CT molecular complexity index is 211. The third-order valence-electron chi connectivity index (χ3n) is 1.47. The van der Waals surface area contributed by atoms with Gasteiger partial charge in [0.25, 0.3) is 0 Å². The molecule has 2 N–H and O–H groups in total. The van der Waals surface area contributed by atoms with Crippen LogP contribution >= 0.6 is 11.8 Å². The molecule has 0 bridgehead atoms. The first-order valence-electron chi connectivity index (χ1n) is 4.84. The number of aliphatic hydroxyl groups is 1. The van der Waals surface area contributed by atoms with Crippen LogP contribution in [-0.2, 0) is 4.74 Å². The van der Waals surface area contributed by atoms with E-state index in [0.717, 1.165) is 0 Å². The van der Waals surface area contributed by atoms with Crippen LogP contribution in [0.4, 0.5) is 4.79 Å². The van der Waals surface area contributed by atoms with E-state index in [1.165, 1.54) is 11.8 Å². The van der Waals surface area contributed by atoms with Gasteiger partial charge in [-0.3, -0.25) is 0 Å². The Morgan fingerprint density at radius 1 is 1.40 bits per heavy atom. The van der Waals surface area contributed by atoms with Crippen LogP contribution < -0.4 is 5.32 Å². The van der Waals surface area contributed by atoms with Gasteiger partial charge in [0.2, 0.25) is 0 Å². The smallest absolute Gasteiger partial charge is 0.407 e. The van der Waals surface area contributed by atoms with Gasteiger partial charge in [0, 0.05) is 5.75 Å². The normalized spacial score (nSPS) is 15.6. The lowest BCUT2D eigenvalue weighted by molar-refractivity contribution is 0.0405. The Labute approximate surface area is 95.8 Å². The number of hydrogen-bond donors (Lipinski definition) is 2. The molecule has 90 valence electrons. The summed E-state index contributed by atoms with van der Waals surface area (Å²) in [5.74, 6) is 0.572. The molecule has 0 heterocycles. The van der Waals surface area contributed by atoms with Crippen LogP contribution in [0.3, 0.4) is 0 Å². The molecule has 1 amide bonds. The van der Waals surface area contributed by atoms with Crippen molar-refractivity contribution < 1.29 is 14.6 Å². The quantitative estimate of drug-likeness (QED) is 0.777. The van der Waals surface area contributed by atoms with Crippen molar-refractivity contribution >= 4 is 17.9 Å². The van der Waals surface area contributed by atoms with Gasteiger partial charge in [-0.05, 0) is 34.0 Å². The van der Waals surface area contributed by atoms with Crippen LogP contribution in [0, 0.1) is 0 Å². The van der Waals surface area contributed by atoms with E-state index < -0.39 is 17.3 Å². The second kappa shape index (κ2) is 5.61. The third kappa shape index (κ3) is 8.57. The number of hydrogen-bond acceptors (Lipinski definition) is 4. The second-order valence-corrected chi connectivity index (χ2v) is 5.65. The third-order valence-corrected chi connectivity index (χ3v) is 2.38. The van der Waals surface area contributed by atoms with Crippen molar-refractivity contribution in [2.75, 3.05) is 18.6 Å². The van der Waals surface area contributed by atoms with Gasteiger partial charge in [-0.1, -0.05) is 0 Å². The van der Waals surface area contributed by atoms with Crippen LogP contribution in [0.2, 0.25) is 0 Å². The van der Waals surface area contributed by atoms with E-state index in [-0.39, 0.29) is 6.54 Å². The van der Waals surface area contributed by atoms with E-state index in [0.29, 0.717) is 5.75 Å². The Morgan fingerprint density at radius 2 is 1.93 bits per heavy atom. The molecule has 4 nitrogen and oxygen atoms in total. The maximum atomic E-state index is 11.3. The van der Waals surface area contributed by atoms with E-state index in [2.05, 4.69) is 5.32 Å². The number of thioether (sulfide) groups is 1. The summed E-state index contributed by atoms with van der Waals surface area (Å²) in [6.07, 6.45) is 1.41. The molecule has 15 heavy (non-hydrogen) atoms. The van der Waals surface area contributed by atoms with Crippen molar-refractivity contribution in [1.82, 2.24) is 5.32 Å². The van der Waals surface area contributed by atoms with E-state index in [1.54, 1.807) is 27.7 Å². The maximum Gasteiger partial charge on any atom is 0.407 e. The number of rotatable bonds is 4. The van der Waals surface area contributed by atoms with Gasteiger partial charge >= 0.3 is 6.09 Å². The van der Waals surface area contributed by atoms with Gasteiger partial charge in [0.15, 0.2) is 0 Å². The fraction of sp³-hybridized carbons (Fsp3) is 0.900. The van der Waals surface area contributed by atoms with E-state index in [9.17, 15) is 9.90 Å². The lowest BCUT2D eigenvalue weighted by atomic mass is 10.1. The van der Waals surface area contributed by atoms with Crippen molar-refractivity contribution in [3.63, 3.8) is 0 Å². The van der Waals surface area contributed by atoms with Gasteiger partial charge in [0.05, 0.1) is 12.1 Å². The highest BCUT2D eigenvalue weighted by Gasteiger charge is 2.22. The van der Waals surface area contributed by atoms with Crippen LogP contribution in [0.5, 0.6) is 0 Å². The van der Waals surface area contributed by atoms with Crippen LogP contribution in [0.15, 0.2) is 0 Å². The van der Waals surface area contributed by atoms with Crippen molar-refractivity contribution in [2.45, 2.75) is 38.9 Å². The average molecular weight is 235 g/mol. The zero-order valence-corrected chi connectivity index (χ0v) is 10.9. The number of carbonyl (C=O) groups is 1. The molecule has 0 aromatic heterocycles. The lowest BCUT2D eigenvalue weighted by Crippen LogP contribution is -2.44. The molecule has 0 saturated heterocycles. The summed E-state index contributed by atoms with van der Waals surface area (Å²) in [5.41, 5.74) is -1.40. The lowest BCUT2D eigenvalue weighted by Gasteiger charge is -2.24. The minimum Gasteiger partial charge on any atom is -0.444 e. The molecular formula is C10H21NO3S. The molecular weight excluding hydrogens is 214 g/mol. The molecule has 1 atom stereocenters. The van der Waals surface area contributed by atoms with Crippen molar-refractivity contribution in [3.8, 4) is 0 Å². The van der Waals surface area contributed by atoms with Crippen LogP contribution in [0.1, 0.15) is 27.7 Å². The van der Waals surface area contributed by atoms with Gasteiger partial charge < -0.3 is 15.2 Å². The average Bonchev–Trinajstić information content (AvgIpc) is 1.98. The van der Waals surface area contributed by atoms with E-state index >= 15 is 0 Å². The highest BCUT2D eigenvalue weighted by molar-refractivity contribution is 7.98. The minimum atomic E-state index is -0.893. The molecule has 0 fully saturated rings. The molecule has 0 saturated carbocycles. The minimum absolute atomic E-state index is 0.197. The number of carbonyl (C=O) groups excluding carboxylic acids is 1. The molecule has 0 spiro atoms. The van der Waals surface area contributed by atoms with E-state index in [1.807, 2.05) is 6.26 Å². The van der Waals surface area contributed by atoms with Crippen LogP contribution in [0.25, 0.3) is 0 Å². The largest absolute Gasteiger partial charge is 0.444 e. The van der Waals surface area contributed by atoms with Crippen LogP contribution in [-0.4, -0.2) is 41.0 Å². The summed E-state index contributed by atoms with van der Waals surface area (Å²) >= 11 is 1.53. The van der Waals surface area contributed by atoms with Gasteiger partial charge in [-0.15, -0.1) is 0 Å². The molecule has 0 radical (unpaired) electrons. The summed E-state index contributed by atoms with van der Waals surface area (Å²) in [7, 11) is 0.